The summed E-state index contributed by atoms with van der Waals surface area (Å²) >= 11 is 0. The van der Waals surface area contributed by atoms with E-state index in [0.717, 1.165) is 24.3 Å². The fraction of sp³-hybridized carbons (Fsp3) is 0.375. The predicted molar refractivity (Wildman–Crippen MR) is 80.5 cm³/mol. The highest BCUT2D eigenvalue weighted by Gasteiger charge is 2.60. The second-order valence-corrected chi connectivity index (χ2v) is 5.88. The summed E-state index contributed by atoms with van der Waals surface area (Å²) in [6.45, 7) is 0. The first-order valence-corrected chi connectivity index (χ1v) is 7.93. The minimum Gasteiger partial charge on any atom is -0.455 e. The molecule has 0 aliphatic heterocycles. The first-order valence-electron chi connectivity index (χ1n) is 7.93. The molecule has 0 aromatic carbocycles. The van der Waals surface area contributed by atoms with Crippen molar-refractivity contribution in [3.63, 3.8) is 0 Å². The van der Waals surface area contributed by atoms with Gasteiger partial charge in [0.05, 0.1) is 11.4 Å². The van der Waals surface area contributed by atoms with Gasteiger partial charge in [-0.2, -0.15) is 52.7 Å². The normalized spacial score (nSPS) is 13.6. The van der Waals surface area contributed by atoms with Gasteiger partial charge in [-0.3, -0.25) is 0 Å². The summed E-state index contributed by atoms with van der Waals surface area (Å²) in [5.74, 6) is -2.36. The molecule has 0 N–H and O–H groups in total. The fourth-order valence-corrected chi connectivity index (χ4v) is 2.13. The molecule has 32 heavy (non-hydrogen) atoms. The molecule has 0 spiro atoms. The van der Waals surface area contributed by atoms with E-state index < -0.39 is 60.1 Å². The maximum Gasteiger partial charge on any atom is 0.434 e. The van der Waals surface area contributed by atoms with Gasteiger partial charge in [-0.05, 0) is 12.1 Å². The van der Waals surface area contributed by atoms with Gasteiger partial charge in [0.1, 0.15) is 0 Å². The molecule has 178 valence electrons. The van der Waals surface area contributed by atoms with E-state index in [0.29, 0.717) is 12.1 Å². The summed E-state index contributed by atoms with van der Waals surface area (Å²) in [4.78, 5) is 6.69. The van der Waals surface area contributed by atoms with Crippen molar-refractivity contribution in [2.45, 2.75) is 36.9 Å². The van der Waals surface area contributed by atoms with Crippen LogP contribution in [0.5, 0.6) is 11.8 Å². The molecule has 2 aromatic rings. The lowest BCUT2D eigenvalue weighted by Gasteiger charge is -2.23. The number of rotatable bonds is 5. The van der Waals surface area contributed by atoms with Gasteiger partial charge in [0, 0.05) is 12.1 Å². The monoisotopic (exact) mass is 488 g/mol. The third-order valence-corrected chi connectivity index (χ3v) is 3.38. The average Bonchev–Trinajstić information content (AvgIpc) is 2.61. The van der Waals surface area contributed by atoms with Gasteiger partial charge in [0.2, 0.25) is 11.8 Å². The molecule has 16 heteroatoms. The van der Waals surface area contributed by atoms with Crippen molar-refractivity contribution in [3.8, 4) is 23.1 Å². The first-order chi connectivity index (χ1) is 14.4. The number of pyridine rings is 2. The third kappa shape index (κ3) is 6.53. The highest BCUT2D eigenvalue weighted by molar-refractivity contribution is 5.55. The van der Waals surface area contributed by atoms with Crippen LogP contribution < -0.4 is 9.47 Å². The Hall–Kier alpha value is -2.94. The second-order valence-electron chi connectivity index (χ2n) is 5.88. The molecule has 0 unspecified atom stereocenters. The van der Waals surface area contributed by atoms with Crippen LogP contribution in [0.15, 0.2) is 36.4 Å². The van der Waals surface area contributed by atoms with Crippen LogP contribution in [0, 0.1) is 0 Å². The van der Waals surface area contributed by atoms with Gasteiger partial charge in [0.25, 0.3) is 12.2 Å². The zero-order chi connectivity index (χ0) is 24.5. The molecule has 4 nitrogen and oxygen atoms in total. The van der Waals surface area contributed by atoms with E-state index in [4.69, 9.17) is 0 Å². The van der Waals surface area contributed by atoms with Crippen LogP contribution in [0.25, 0.3) is 11.4 Å². The summed E-state index contributed by atoms with van der Waals surface area (Å²) in [6, 6.07) is 4.92. The van der Waals surface area contributed by atoms with Crippen molar-refractivity contribution in [1.82, 2.24) is 9.97 Å². The highest BCUT2D eigenvalue weighted by Crippen LogP contribution is 2.38. The molecule has 0 saturated heterocycles. The molecule has 0 aliphatic rings. The van der Waals surface area contributed by atoms with Crippen LogP contribution in [0.4, 0.5) is 52.7 Å². The van der Waals surface area contributed by atoms with E-state index in [1.165, 1.54) is 0 Å². The molecular weight excluding hydrogens is 480 g/mol. The van der Waals surface area contributed by atoms with Crippen molar-refractivity contribution in [2.24, 2.45) is 0 Å². The lowest BCUT2D eigenvalue weighted by atomic mass is 10.2. The molecule has 0 amide bonds. The van der Waals surface area contributed by atoms with E-state index in [9.17, 15) is 52.7 Å². The van der Waals surface area contributed by atoms with E-state index >= 15 is 0 Å². The van der Waals surface area contributed by atoms with Crippen molar-refractivity contribution < 1.29 is 62.2 Å². The first kappa shape index (κ1) is 25.3. The SMILES string of the molecule is FC(F)(F)C(Oc1cccc(-c2cccc(OC(C(F)(F)F)C(F)(F)F)n2)n1)C(F)(F)F. The van der Waals surface area contributed by atoms with Gasteiger partial charge in [0.15, 0.2) is 0 Å². The number of halogens is 12. The van der Waals surface area contributed by atoms with Crippen molar-refractivity contribution in [3.05, 3.63) is 36.4 Å². The Kier molecular flexibility index (Phi) is 6.76. The van der Waals surface area contributed by atoms with E-state index in [1.54, 1.807) is 0 Å². The lowest BCUT2D eigenvalue weighted by Crippen LogP contribution is -2.46. The summed E-state index contributed by atoms with van der Waals surface area (Å²) in [5.41, 5.74) is -1.04. The topological polar surface area (TPSA) is 44.2 Å². The van der Waals surface area contributed by atoms with Crippen molar-refractivity contribution >= 4 is 0 Å². The van der Waals surface area contributed by atoms with Gasteiger partial charge >= 0.3 is 24.7 Å². The smallest absolute Gasteiger partial charge is 0.434 e. The van der Waals surface area contributed by atoms with Crippen molar-refractivity contribution in [1.29, 1.82) is 0 Å². The zero-order valence-corrected chi connectivity index (χ0v) is 14.9. The van der Waals surface area contributed by atoms with E-state index in [-0.39, 0.29) is 0 Å². The van der Waals surface area contributed by atoms with Gasteiger partial charge < -0.3 is 9.47 Å². The van der Waals surface area contributed by atoms with E-state index in [1.807, 2.05) is 0 Å². The maximum absolute atomic E-state index is 12.6. The summed E-state index contributed by atoms with van der Waals surface area (Å²) in [7, 11) is 0. The number of nitrogens with zero attached hydrogens (tertiary/aromatic N) is 2. The molecule has 0 fully saturated rings. The Balaban J connectivity index is 2.35. The fourth-order valence-electron chi connectivity index (χ4n) is 2.13. The standard InChI is InChI=1S/C16H8F12N2O2/c17-13(18,19)11(14(20,21)22)31-9-5-1-3-7(29-9)8-4-2-6-10(30-8)32-12(15(23,24)25)16(26,27)28/h1-6,11-12H. The molecule has 0 aliphatic carbocycles. The third-order valence-electron chi connectivity index (χ3n) is 3.38. The lowest BCUT2D eigenvalue weighted by molar-refractivity contribution is -0.301. The Morgan fingerprint density at radius 3 is 1.03 bits per heavy atom. The van der Waals surface area contributed by atoms with Crippen LogP contribution in [-0.2, 0) is 0 Å². The number of hydrogen-bond donors (Lipinski definition) is 0. The summed E-state index contributed by atoms with van der Waals surface area (Å²) in [5, 5.41) is 0. The molecule has 2 heterocycles. The number of aromatic nitrogens is 2. The van der Waals surface area contributed by atoms with Crippen LogP contribution in [-0.4, -0.2) is 46.9 Å². The maximum atomic E-state index is 12.6. The minimum absolute atomic E-state index is 0.522. The largest absolute Gasteiger partial charge is 0.455 e. The zero-order valence-electron chi connectivity index (χ0n) is 14.9. The quantitative estimate of drug-likeness (QED) is 0.493. The highest BCUT2D eigenvalue weighted by atomic mass is 19.4. The van der Waals surface area contributed by atoms with Crippen molar-refractivity contribution in [2.75, 3.05) is 0 Å². The van der Waals surface area contributed by atoms with Crippen LogP contribution in [0.1, 0.15) is 0 Å². The minimum atomic E-state index is -5.86. The van der Waals surface area contributed by atoms with E-state index in [2.05, 4.69) is 19.4 Å². The van der Waals surface area contributed by atoms with Gasteiger partial charge in [-0.1, -0.05) is 12.1 Å². The molecule has 0 atom stereocenters. The van der Waals surface area contributed by atoms with Gasteiger partial charge in [-0.15, -0.1) is 0 Å². The predicted octanol–water partition coefficient (Wildman–Crippen LogP) is 5.89. The second kappa shape index (κ2) is 8.54. The Morgan fingerprint density at radius 2 is 0.781 bits per heavy atom. The van der Waals surface area contributed by atoms with Crippen LogP contribution in [0.3, 0.4) is 0 Å². The molecule has 2 aromatic heterocycles. The molecular formula is C16H8F12N2O2. The number of alkyl halides is 12. The molecule has 0 radical (unpaired) electrons. The molecule has 0 bridgehead atoms. The molecule has 0 saturated carbocycles. The Morgan fingerprint density at radius 1 is 0.500 bits per heavy atom. The Labute approximate surface area is 169 Å². The summed E-state index contributed by atoms with van der Waals surface area (Å²) in [6.07, 6.45) is -31.9. The number of hydrogen-bond acceptors (Lipinski definition) is 4. The average molecular weight is 488 g/mol. The van der Waals surface area contributed by atoms with Gasteiger partial charge in [-0.25, -0.2) is 9.97 Å². The number of ether oxygens (including phenoxy) is 2. The molecule has 2 rings (SSSR count). The Bertz CT molecular complexity index is 817. The van der Waals surface area contributed by atoms with Crippen LogP contribution >= 0.6 is 0 Å². The van der Waals surface area contributed by atoms with Crippen LogP contribution in [0.2, 0.25) is 0 Å². The summed E-state index contributed by atoms with van der Waals surface area (Å²) < 4.78 is 159.